The van der Waals surface area contributed by atoms with E-state index in [1.165, 1.54) is 30.6 Å². The fourth-order valence-electron chi connectivity index (χ4n) is 1.88. The van der Waals surface area contributed by atoms with Gasteiger partial charge in [-0.1, -0.05) is 12.1 Å². The van der Waals surface area contributed by atoms with Crippen LogP contribution in [0.3, 0.4) is 0 Å². The Labute approximate surface area is 128 Å². The molecule has 0 amide bonds. The van der Waals surface area contributed by atoms with Gasteiger partial charge in [0.15, 0.2) is 17.3 Å². The fourth-order valence-corrected chi connectivity index (χ4v) is 1.88. The molecule has 5 nitrogen and oxygen atoms in total. The zero-order valence-electron chi connectivity index (χ0n) is 11.5. The monoisotopic (exact) mass is 321 g/mol. The van der Waals surface area contributed by atoms with Crippen LogP contribution in [0.1, 0.15) is 5.56 Å². The molecule has 0 radical (unpaired) electrons. The lowest BCUT2D eigenvalue weighted by Crippen LogP contribution is -2.03. The predicted molar refractivity (Wildman–Crippen MR) is 76.1 cm³/mol. The highest BCUT2D eigenvalue weighted by molar-refractivity contribution is 5.60. The third kappa shape index (κ3) is 3.25. The minimum atomic E-state index is -4.39. The number of alkyl halides is 3. The molecule has 0 saturated carbocycles. The molecule has 0 fully saturated rings. The summed E-state index contributed by atoms with van der Waals surface area (Å²) in [6.45, 7) is 0. The summed E-state index contributed by atoms with van der Waals surface area (Å²) in [6, 6.07) is 7.59. The minimum absolute atomic E-state index is 0.0638. The molecule has 23 heavy (non-hydrogen) atoms. The molecule has 3 aromatic rings. The van der Waals surface area contributed by atoms with Crippen LogP contribution in [0.15, 0.2) is 53.2 Å². The number of nitrogens with zero attached hydrogens (tertiary/aromatic N) is 2. The number of aromatic nitrogens is 2. The Hall–Kier alpha value is -3.03. The average molecular weight is 321 g/mol. The van der Waals surface area contributed by atoms with E-state index in [2.05, 4.69) is 15.3 Å². The summed E-state index contributed by atoms with van der Waals surface area (Å²) in [7, 11) is 0. The summed E-state index contributed by atoms with van der Waals surface area (Å²) < 4.78 is 43.0. The molecular weight excluding hydrogens is 311 g/mol. The number of halogens is 3. The van der Waals surface area contributed by atoms with Gasteiger partial charge in [-0.05, 0) is 24.3 Å². The number of nitrogens with one attached hydrogen (secondary N) is 1. The van der Waals surface area contributed by atoms with Gasteiger partial charge in [0, 0.05) is 11.8 Å². The first kappa shape index (κ1) is 14.9. The summed E-state index contributed by atoms with van der Waals surface area (Å²) in [4.78, 5) is 7.86. The largest absolute Gasteiger partial charge is 0.504 e. The van der Waals surface area contributed by atoms with Crippen LogP contribution in [0, 0.1) is 0 Å². The quantitative estimate of drug-likeness (QED) is 0.756. The SMILES string of the molecule is Oc1cccnc1Nc1ncc(-c2ccc(C(F)(F)F)cc2)o1. The van der Waals surface area contributed by atoms with Gasteiger partial charge >= 0.3 is 12.2 Å². The van der Waals surface area contributed by atoms with Crippen molar-refractivity contribution in [1.29, 1.82) is 0 Å². The topological polar surface area (TPSA) is 71.2 Å². The Morgan fingerprint density at radius 3 is 2.43 bits per heavy atom. The maximum atomic E-state index is 12.5. The molecule has 0 atom stereocenters. The molecule has 2 aromatic heterocycles. The number of pyridine rings is 1. The average Bonchev–Trinajstić information content (AvgIpc) is 2.97. The van der Waals surface area contributed by atoms with Crippen LogP contribution in [-0.4, -0.2) is 15.1 Å². The summed E-state index contributed by atoms with van der Waals surface area (Å²) in [5.74, 6) is 0.367. The second-order valence-corrected chi connectivity index (χ2v) is 4.60. The molecule has 0 bridgehead atoms. The highest BCUT2D eigenvalue weighted by Gasteiger charge is 2.30. The van der Waals surface area contributed by atoms with Gasteiger partial charge in [0.05, 0.1) is 11.8 Å². The molecule has 3 rings (SSSR count). The lowest BCUT2D eigenvalue weighted by Gasteiger charge is -2.06. The smallest absolute Gasteiger partial charge is 0.416 e. The molecule has 0 aliphatic rings. The normalized spacial score (nSPS) is 11.4. The maximum Gasteiger partial charge on any atom is 0.416 e. The number of anilines is 2. The van der Waals surface area contributed by atoms with Crippen LogP contribution in [0.4, 0.5) is 25.0 Å². The van der Waals surface area contributed by atoms with E-state index in [0.717, 1.165) is 12.1 Å². The predicted octanol–water partition coefficient (Wildman–Crippen LogP) is 4.20. The Bertz CT molecular complexity index is 813. The Kier molecular flexibility index (Phi) is 3.65. The zero-order valence-corrected chi connectivity index (χ0v) is 11.5. The van der Waals surface area contributed by atoms with Crippen LogP contribution in [0.2, 0.25) is 0 Å². The molecule has 0 saturated heterocycles. The third-order valence-corrected chi connectivity index (χ3v) is 3.01. The van der Waals surface area contributed by atoms with Crippen molar-refractivity contribution in [3.8, 4) is 17.1 Å². The standard InChI is InChI=1S/C15H10F3N3O2/c16-15(17,18)10-5-3-9(4-6-10)12-8-20-14(23-12)21-13-11(22)2-1-7-19-13/h1-8,22H,(H,19,20,21). The molecule has 2 heterocycles. The van der Waals surface area contributed by atoms with E-state index >= 15 is 0 Å². The summed E-state index contributed by atoms with van der Waals surface area (Å²) in [6.07, 6.45) is -1.55. The number of hydrogen-bond donors (Lipinski definition) is 2. The zero-order chi connectivity index (χ0) is 16.4. The van der Waals surface area contributed by atoms with Crippen molar-refractivity contribution < 1.29 is 22.7 Å². The first-order valence-electron chi connectivity index (χ1n) is 6.48. The highest BCUT2D eigenvalue weighted by atomic mass is 19.4. The second kappa shape index (κ2) is 5.64. The number of oxazole rings is 1. The van der Waals surface area contributed by atoms with E-state index in [9.17, 15) is 18.3 Å². The first-order chi connectivity index (χ1) is 10.9. The lowest BCUT2D eigenvalue weighted by molar-refractivity contribution is -0.137. The Morgan fingerprint density at radius 1 is 1.04 bits per heavy atom. The van der Waals surface area contributed by atoms with E-state index in [1.807, 2.05) is 0 Å². The molecule has 1 aromatic carbocycles. The number of rotatable bonds is 3. The molecular formula is C15H10F3N3O2. The van der Waals surface area contributed by atoms with Crippen LogP contribution in [-0.2, 0) is 6.18 Å². The highest BCUT2D eigenvalue weighted by Crippen LogP contribution is 2.32. The van der Waals surface area contributed by atoms with E-state index in [-0.39, 0.29) is 23.3 Å². The molecule has 0 aliphatic heterocycles. The number of benzene rings is 1. The first-order valence-corrected chi connectivity index (χ1v) is 6.48. The van der Waals surface area contributed by atoms with Gasteiger partial charge in [0.1, 0.15) is 0 Å². The van der Waals surface area contributed by atoms with Gasteiger partial charge in [-0.15, -0.1) is 0 Å². The molecule has 0 aliphatic carbocycles. The van der Waals surface area contributed by atoms with Gasteiger partial charge in [0.25, 0.3) is 0 Å². The molecule has 0 spiro atoms. The second-order valence-electron chi connectivity index (χ2n) is 4.60. The Balaban J connectivity index is 1.81. The van der Waals surface area contributed by atoms with Gasteiger partial charge in [-0.2, -0.15) is 13.2 Å². The van der Waals surface area contributed by atoms with Crippen molar-refractivity contribution >= 4 is 11.8 Å². The van der Waals surface area contributed by atoms with E-state index < -0.39 is 11.7 Å². The van der Waals surface area contributed by atoms with Crippen molar-refractivity contribution in [3.05, 3.63) is 54.4 Å². The van der Waals surface area contributed by atoms with E-state index in [4.69, 9.17) is 4.42 Å². The summed E-state index contributed by atoms with van der Waals surface area (Å²) >= 11 is 0. The van der Waals surface area contributed by atoms with Gasteiger partial charge in [-0.3, -0.25) is 5.32 Å². The van der Waals surface area contributed by atoms with Crippen LogP contribution >= 0.6 is 0 Å². The summed E-state index contributed by atoms with van der Waals surface area (Å²) in [5.41, 5.74) is -0.290. The van der Waals surface area contributed by atoms with Gasteiger partial charge < -0.3 is 9.52 Å². The van der Waals surface area contributed by atoms with Gasteiger partial charge in [-0.25, -0.2) is 9.97 Å². The molecule has 2 N–H and O–H groups in total. The Morgan fingerprint density at radius 2 is 1.78 bits per heavy atom. The van der Waals surface area contributed by atoms with Crippen molar-refractivity contribution in [2.45, 2.75) is 6.18 Å². The van der Waals surface area contributed by atoms with Gasteiger partial charge in [0.2, 0.25) is 0 Å². The van der Waals surface area contributed by atoms with Crippen molar-refractivity contribution in [1.82, 2.24) is 9.97 Å². The van der Waals surface area contributed by atoms with Crippen molar-refractivity contribution in [3.63, 3.8) is 0 Å². The molecule has 8 heteroatoms. The van der Waals surface area contributed by atoms with Crippen LogP contribution < -0.4 is 5.32 Å². The van der Waals surface area contributed by atoms with Crippen molar-refractivity contribution in [2.75, 3.05) is 5.32 Å². The van der Waals surface area contributed by atoms with E-state index in [0.29, 0.717) is 5.56 Å². The van der Waals surface area contributed by atoms with Crippen LogP contribution in [0.5, 0.6) is 5.75 Å². The number of aromatic hydroxyl groups is 1. The summed E-state index contributed by atoms with van der Waals surface area (Å²) in [5, 5.41) is 12.3. The van der Waals surface area contributed by atoms with Crippen molar-refractivity contribution in [2.24, 2.45) is 0 Å². The minimum Gasteiger partial charge on any atom is -0.504 e. The maximum absolute atomic E-state index is 12.5. The van der Waals surface area contributed by atoms with E-state index in [1.54, 1.807) is 6.07 Å². The van der Waals surface area contributed by atoms with Crippen LogP contribution in [0.25, 0.3) is 11.3 Å². The third-order valence-electron chi connectivity index (χ3n) is 3.01. The number of hydrogen-bond acceptors (Lipinski definition) is 5. The lowest BCUT2D eigenvalue weighted by atomic mass is 10.1. The molecule has 0 unspecified atom stereocenters. The molecule has 118 valence electrons. The fraction of sp³-hybridized carbons (Fsp3) is 0.0667.